The van der Waals surface area contributed by atoms with E-state index in [1.54, 1.807) is 54.6 Å². The van der Waals surface area contributed by atoms with Crippen molar-refractivity contribution in [2.24, 2.45) is 5.10 Å². The van der Waals surface area contributed by atoms with Gasteiger partial charge in [-0.25, -0.2) is 10.2 Å². The minimum atomic E-state index is -0.487. The van der Waals surface area contributed by atoms with Crippen LogP contribution in [0.5, 0.6) is 11.5 Å². The number of esters is 1. The predicted molar refractivity (Wildman–Crippen MR) is 128 cm³/mol. The lowest BCUT2D eigenvalue weighted by molar-refractivity contribution is -0.123. The van der Waals surface area contributed by atoms with E-state index in [9.17, 15) is 9.59 Å². The zero-order chi connectivity index (χ0) is 23.0. The van der Waals surface area contributed by atoms with Gasteiger partial charge in [-0.1, -0.05) is 66.2 Å². The molecule has 1 amide bonds. The molecule has 0 aromatic heterocycles. The molecular weight excluding hydrogens is 440 g/mol. The molecule has 0 saturated carbocycles. The number of carbonyl (C=O) groups excluding carboxylic acids is 2. The third-order valence-electron chi connectivity index (χ3n) is 4.69. The van der Waals surface area contributed by atoms with Gasteiger partial charge in [-0.15, -0.1) is 0 Å². The number of rotatable bonds is 7. The van der Waals surface area contributed by atoms with Crippen LogP contribution in [-0.2, 0) is 4.79 Å². The summed E-state index contributed by atoms with van der Waals surface area (Å²) in [6.45, 7) is -0.233. The molecule has 0 fully saturated rings. The van der Waals surface area contributed by atoms with Gasteiger partial charge in [-0.05, 0) is 47.2 Å². The van der Waals surface area contributed by atoms with Gasteiger partial charge in [0, 0.05) is 10.6 Å². The van der Waals surface area contributed by atoms with Gasteiger partial charge in [-0.3, -0.25) is 4.79 Å². The summed E-state index contributed by atoms with van der Waals surface area (Å²) in [6.07, 6.45) is 1.45. The maximum absolute atomic E-state index is 12.6. The van der Waals surface area contributed by atoms with Crippen LogP contribution in [0.3, 0.4) is 0 Å². The van der Waals surface area contributed by atoms with E-state index in [1.807, 2.05) is 36.4 Å². The Labute approximate surface area is 195 Å². The van der Waals surface area contributed by atoms with E-state index < -0.39 is 11.9 Å². The molecular formula is C26H19ClN2O4. The highest BCUT2D eigenvalue weighted by Gasteiger charge is 2.13. The van der Waals surface area contributed by atoms with Crippen LogP contribution in [0.2, 0.25) is 5.02 Å². The summed E-state index contributed by atoms with van der Waals surface area (Å²) in [6, 6.07) is 26.6. The van der Waals surface area contributed by atoms with Crippen molar-refractivity contribution in [1.82, 2.24) is 5.43 Å². The number of nitrogens with one attached hydrogen (secondary N) is 1. The number of ether oxygens (including phenoxy) is 2. The number of fused-ring (bicyclic) bond motifs is 1. The smallest absolute Gasteiger partial charge is 0.343 e. The summed E-state index contributed by atoms with van der Waals surface area (Å²) < 4.78 is 11.0. The molecule has 0 spiro atoms. The van der Waals surface area contributed by atoms with Crippen LogP contribution in [0.1, 0.15) is 15.9 Å². The summed E-state index contributed by atoms with van der Waals surface area (Å²) in [7, 11) is 0. The van der Waals surface area contributed by atoms with Crippen LogP contribution in [0, 0.1) is 0 Å². The minimum absolute atomic E-state index is 0.233. The maximum Gasteiger partial charge on any atom is 0.343 e. The fraction of sp³-hybridized carbons (Fsp3) is 0.0385. The highest BCUT2D eigenvalue weighted by atomic mass is 35.5. The monoisotopic (exact) mass is 458 g/mol. The lowest BCUT2D eigenvalue weighted by atomic mass is 10.0. The molecule has 1 N–H and O–H groups in total. The average Bonchev–Trinajstić information content (AvgIpc) is 2.84. The number of hydrogen-bond donors (Lipinski definition) is 1. The molecule has 6 nitrogen and oxygen atoms in total. The highest BCUT2D eigenvalue weighted by molar-refractivity contribution is 6.30. The van der Waals surface area contributed by atoms with Gasteiger partial charge in [0.05, 0.1) is 11.8 Å². The molecule has 0 aliphatic heterocycles. The molecule has 4 rings (SSSR count). The topological polar surface area (TPSA) is 77.0 Å². The number of hydrazone groups is 1. The summed E-state index contributed by atoms with van der Waals surface area (Å²) in [5.41, 5.74) is 3.42. The molecule has 33 heavy (non-hydrogen) atoms. The Morgan fingerprint density at radius 2 is 1.70 bits per heavy atom. The zero-order valence-corrected chi connectivity index (χ0v) is 18.2. The first-order valence-electron chi connectivity index (χ1n) is 10.1. The van der Waals surface area contributed by atoms with Gasteiger partial charge < -0.3 is 9.47 Å². The second-order valence-electron chi connectivity index (χ2n) is 6.99. The van der Waals surface area contributed by atoms with E-state index in [0.29, 0.717) is 27.6 Å². The number of nitrogens with zero attached hydrogens (tertiary/aromatic N) is 1. The molecule has 4 aromatic rings. The lowest BCUT2D eigenvalue weighted by Crippen LogP contribution is -2.24. The third kappa shape index (κ3) is 5.75. The van der Waals surface area contributed by atoms with Crippen molar-refractivity contribution in [3.8, 4) is 11.5 Å². The Hall–Kier alpha value is -4.16. The van der Waals surface area contributed by atoms with Crippen LogP contribution in [0.4, 0.5) is 0 Å². The highest BCUT2D eigenvalue weighted by Crippen LogP contribution is 2.27. The number of amides is 1. The second kappa shape index (κ2) is 10.4. The first kappa shape index (κ1) is 22.0. The summed E-state index contributed by atoms with van der Waals surface area (Å²) in [5, 5.41) is 6.32. The first-order chi connectivity index (χ1) is 16.1. The number of benzene rings is 4. The summed E-state index contributed by atoms with van der Waals surface area (Å²) in [5.74, 6) is -0.129. The molecule has 0 bridgehead atoms. The molecule has 0 aliphatic rings. The van der Waals surface area contributed by atoms with Crippen molar-refractivity contribution in [2.45, 2.75) is 0 Å². The third-order valence-corrected chi connectivity index (χ3v) is 4.93. The van der Waals surface area contributed by atoms with Crippen molar-refractivity contribution >= 4 is 40.5 Å². The number of hydrogen-bond acceptors (Lipinski definition) is 5. The molecule has 4 aromatic carbocycles. The van der Waals surface area contributed by atoms with Crippen molar-refractivity contribution in [3.05, 3.63) is 107 Å². The van der Waals surface area contributed by atoms with Gasteiger partial charge >= 0.3 is 5.97 Å². The molecule has 0 aliphatic carbocycles. The average molecular weight is 459 g/mol. The zero-order valence-electron chi connectivity index (χ0n) is 17.4. The van der Waals surface area contributed by atoms with Gasteiger partial charge in [-0.2, -0.15) is 5.10 Å². The van der Waals surface area contributed by atoms with E-state index in [0.717, 1.165) is 10.8 Å². The van der Waals surface area contributed by atoms with E-state index in [1.165, 1.54) is 6.21 Å². The van der Waals surface area contributed by atoms with E-state index in [4.69, 9.17) is 21.1 Å². The fourth-order valence-electron chi connectivity index (χ4n) is 3.14. The Balaban J connectivity index is 1.50. The molecule has 7 heteroatoms. The van der Waals surface area contributed by atoms with Crippen LogP contribution in [0.25, 0.3) is 10.8 Å². The molecule has 164 valence electrons. The normalized spacial score (nSPS) is 10.8. The SMILES string of the molecule is O=C(COc1cccc(Cl)c1)NN=Cc1c(OC(=O)c2ccccc2)ccc2ccccc12. The Bertz CT molecular complexity index is 1320. The molecule has 0 atom stereocenters. The van der Waals surface area contributed by atoms with Gasteiger partial charge in [0.15, 0.2) is 6.61 Å². The number of carbonyl (C=O) groups is 2. The largest absolute Gasteiger partial charge is 0.484 e. The summed E-state index contributed by atoms with van der Waals surface area (Å²) in [4.78, 5) is 24.7. The maximum atomic E-state index is 12.6. The Kier molecular flexibility index (Phi) is 6.97. The predicted octanol–water partition coefficient (Wildman–Crippen LogP) is 5.24. The van der Waals surface area contributed by atoms with Crippen molar-refractivity contribution in [1.29, 1.82) is 0 Å². The molecule has 0 heterocycles. The van der Waals surface area contributed by atoms with Gasteiger partial charge in [0.2, 0.25) is 0 Å². The summed E-state index contributed by atoms with van der Waals surface area (Å²) >= 11 is 5.91. The Morgan fingerprint density at radius 3 is 2.52 bits per heavy atom. The van der Waals surface area contributed by atoms with Crippen molar-refractivity contribution < 1.29 is 19.1 Å². The molecule has 0 unspecified atom stereocenters. The van der Waals surface area contributed by atoms with Crippen molar-refractivity contribution in [2.75, 3.05) is 6.61 Å². The minimum Gasteiger partial charge on any atom is -0.484 e. The van der Waals surface area contributed by atoms with E-state index in [2.05, 4.69) is 10.5 Å². The van der Waals surface area contributed by atoms with Gasteiger partial charge in [0.1, 0.15) is 11.5 Å². The number of halogens is 1. The van der Waals surface area contributed by atoms with Crippen LogP contribution < -0.4 is 14.9 Å². The molecule has 0 saturated heterocycles. The van der Waals surface area contributed by atoms with Crippen molar-refractivity contribution in [3.63, 3.8) is 0 Å². The Morgan fingerprint density at radius 1 is 0.909 bits per heavy atom. The first-order valence-corrected chi connectivity index (χ1v) is 10.5. The van der Waals surface area contributed by atoms with Gasteiger partial charge in [0.25, 0.3) is 5.91 Å². The van der Waals surface area contributed by atoms with E-state index >= 15 is 0 Å². The second-order valence-corrected chi connectivity index (χ2v) is 7.43. The standard InChI is InChI=1S/C26H19ClN2O4/c27-20-10-6-11-21(15-20)32-17-25(30)29-28-16-23-22-12-5-4-7-18(22)13-14-24(23)33-26(31)19-8-2-1-3-9-19/h1-16H,17H2,(H,29,30). The van der Waals surface area contributed by atoms with Crippen LogP contribution in [0.15, 0.2) is 96.1 Å². The lowest BCUT2D eigenvalue weighted by Gasteiger charge is -2.10. The van der Waals surface area contributed by atoms with E-state index in [-0.39, 0.29) is 6.61 Å². The van der Waals surface area contributed by atoms with Crippen LogP contribution >= 0.6 is 11.6 Å². The quantitative estimate of drug-likeness (QED) is 0.178. The fourth-order valence-corrected chi connectivity index (χ4v) is 3.32. The molecule has 0 radical (unpaired) electrons. The van der Waals surface area contributed by atoms with Crippen LogP contribution in [-0.4, -0.2) is 24.7 Å².